The van der Waals surface area contributed by atoms with E-state index in [1.807, 2.05) is 54.6 Å². The smallest absolute Gasteiger partial charge is 0.250 e. The molecule has 0 saturated heterocycles. The van der Waals surface area contributed by atoms with E-state index in [1.54, 1.807) is 21.8 Å². The number of fused-ring (bicyclic) bond motifs is 4. The van der Waals surface area contributed by atoms with E-state index >= 15 is 0 Å². The number of rotatable bonds is 5. The third kappa shape index (κ3) is 3.69. The van der Waals surface area contributed by atoms with Crippen LogP contribution in [0.25, 0.3) is 33.2 Å². The number of nitrogens with zero attached hydrogens (tertiary/aromatic N) is 5. The average Bonchev–Trinajstić information content (AvgIpc) is 3.20. The van der Waals surface area contributed by atoms with Crippen molar-refractivity contribution in [2.45, 2.75) is 38.6 Å². The van der Waals surface area contributed by atoms with Gasteiger partial charge in [0.25, 0.3) is 5.65 Å². The summed E-state index contributed by atoms with van der Waals surface area (Å²) in [5, 5.41) is 5.20. The Morgan fingerprint density at radius 3 is 2.59 bits per heavy atom. The van der Waals surface area contributed by atoms with Crippen LogP contribution < -0.4 is 10.5 Å². The van der Waals surface area contributed by atoms with Crippen molar-refractivity contribution < 1.29 is 4.98 Å². The minimum absolute atomic E-state index is 0.0756. The fraction of sp³-hybridized carbons (Fsp3) is 0.222. The summed E-state index contributed by atoms with van der Waals surface area (Å²) in [6.45, 7) is 0.637. The maximum atomic E-state index is 13.6. The lowest BCUT2D eigenvalue weighted by atomic mass is 9.97. The van der Waals surface area contributed by atoms with E-state index in [0.29, 0.717) is 28.7 Å². The van der Waals surface area contributed by atoms with Gasteiger partial charge in [-0.3, -0.25) is 0 Å². The Bertz CT molecular complexity index is 1630. The first-order valence-corrected chi connectivity index (χ1v) is 11.8. The Labute approximate surface area is 196 Å². The predicted octanol–water partition coefficient (Wildman–Crippen LogP) is 4.49. The summed E-state index contributed by atoms with van der Waals surface area (Å²) in [6.07, 6.45) is 11.5. The van der Waals surface area contributed by atoms with E-state index in [0.717, 1.165) is 35.9 Å². The fourth-order valence-corrected chi connectivity index (χ4v) is 4.65. The van der Waals surface area contributed by atoms with Crippen molar-refractivity contribution >= 4 is 39.4 Å². The van der Waals surface area contributed by atoms with E-state index in [1.165, 1.54) is 18.4 Å². The van der Waals surface area contributed by atoms with Gasteiger partial charge in [-0.2, -0.15) is 0 Å². The number of para-hydroxylation sites is 2. The molecule has 7 heteroatoms. The summed E-state index contributed by atoms with van der Waals surface area (Å²) in [5.74, 6) is 0. The Hall–Kier alpha value is -4.13. The van der Waals surface area contributed by atoms with E-state index in [4.69, 9.17) is 15.1 Å². The summed E-state index contributed by atoms with van der Waals surface area (Å²) < 4.78 is 3.44. The van der Waals surface area contributed by atoms with Gasteiger partial charge in [0.15, 0.2) is 11.7 Å². The van der Waals surface area contributed by atoms with E-state index in [-0.39, 0.29) is 5.56 Å². The molecule has 0 bridgehead atoms. The zero-order valence-corrected chi connectivity index (χ0v) is 18.8. The largest absolute Gasteiger partial charge is 0.322 e. The number of hydrogen-bond donors (Lipinski definition) is 0. The van der Waals surface area contributed by atoms with Crippen molar-refractivity contribution in [3.8, 4) is 0 Å². The van der Waals surface area contributed by atoms with Crippen molar-refractivity contribution in [1.82, 2.24) is 19.2 Å². The zero-order valence-electron chi connectivity index (χ0n) is 18.8. The van der Waals surface area contributed by atoms with Crippen LogP contribution in [-0.2, 0) is 6.54 Å². The Balaban J connectivity index is 1.52. The average molecular weight is 450 g/mol. The molecule has 1 N–H and O–H groups in total. The van der Waals surface area contributed by atoms with Gasteiger partial charge < -0.3 is 0 Å². The number of H-pyrrole nitrogens is 1. The zero-order chi connectivity index (χ0) is 22.9. The summed E-state index contributed by atoms with van der Waals surface area (Å²) in [7, 11) is 0. The lowest BCUT2D eigenvalue weighted by Gasteiger charge is -2.11. The fourth-order valence-electron chi connectivity index (χ4n) is 4.65. The maximum absolute atomic E-state index is 13.6. The molecule has 5 aromatic rings. The van der Waals surface area contributed by atoms with Crippen LogP contribution in [0.2, 0.25) is 0 Å². The van der Waals surface area contributed by atoms with Crippen LogP contribution in [-0.4, -0.2) is 25.4 Å². The molecule has 0 fully saturated rings. The van der Waals surface area contributed by atoms with Crippen LogP contribution in [0.3, 0.4) is 0 Å². The van der Waals surface area contributed by atoms with Gasteiger partial charge in [-0.05, 0) is 49.8 Å². The van der Waals surface area contributed by atoms with Gasteiger partial charge in [-0.1, -0.05) is 54.1 Å². The molecule has 168 valence electrons. The molecular formula is C27H25N6O+. The van der Waals surface area contributed by atoms with Crippen molar-refractivity contribution in [3.63, 3.8) is 0 Å². The molecule has 0 saturated carbocycles. The second-order valence-electron chi connectivity index (χ2n) is 8.71. The second-order valence-corrected chi connectivity index (χ2v) is 8.71. The van der Waals surface area contributed by atoms with Gasteiger partial charge in [0.2, 0.25) is 5.65 Å². The molecule has 1 aliphatic carbocycles. The molecule has 0 amide bonds. The van der Waals surface area contributed by atoms with Crippen LogP contribution in [0, 0.1) is 0 Å². The number of aromatic amines is 1. The van der Waals surface area contributed by atoms with Crippen molar-refractivity contribution in [2.75, 3.05) is 0 Å². The van der Waals surface area contributed by atoms with Crippen LogP contribution >= 0.6 is 0 Å². The number of benzene rings is 2. The highest BCUT2D eigenvalue weighted by atomic mass is 16.1. The molecule has 7 nitrogen and oxygen atoms in total. The Morgan fingerprint density at radius 1 is 1.00 bits per heavy atom. The van der Waals surface area contributed by atoms with Gasteiger partial charge in [0.05, 0.1) is 23.8 Å². The molecule has 3 heterocycles. The van der Waals surface area contributed by atoms with Gasteiger partial charge in [0, 0.05) is 0 Å². The first-order valence-electron chi connectivity index (χ1n) is 11.8. The van der Waals surface area contributed by atoms with E-state index in [9.17, 15) is 4.79 Å². The number of hydrogen-bond acceptors (Lipinski definition) is 4. The molecule has 0 aliphatic heterocycles. The summed E-state index contributed by atoms with van der Waals surface area (Å²) in [5.41, 5.74) is 5.55. The monoisotopic (exact) mass is 449 g/mol. The minimum atomic E-state index is -0.0756. The second kappa shape index (κ2) is 8.67. The molecule has 2 aromatic carbocycles. The lowest BCUT2D eigenvalue weighted by Crippen LogP contribution is -2.27. The summed E-state index contributed by atoms with van der Waals surface area (Å²) >= 11 is 0. The molecule has 3 aromatic heterocycles. The summed E-state index contributed by atoms with van der Waals surface area (Å²) in [6, 6.07) is 17.6. The normalized spacial score (nSPS) is 14.4. The van der Waals surface area contributed by atoms with Crippen LogP contribution in [0.4, 0.5) is 0 Å². The molecule has 34 heavy (non-hydrogen) atoms. The maximum Gasteiger partial charge on any atom is 0.322 e. The third-order valence-electron chi connectivity index (χ3n) is 6.45. The SMILES string of the molecule is O=c1c2c3nc4ccccc4nc3n(/N=C/c3ccccc3)c2[nH+]cn1CCC1=CCCCC1. The summed E-state index contributed by atoms with van der Waals surface area (Å²) in [4.78, 5) is 26.6. The van der Waals surface area contributed by atoms with Crippen LogP contribution in [0.5, 0.6) is 0 Å². The number of aryl methyl sites for hydroxylation is 1. The molecule has 1 aliphatic rings. The quantitative estimate of drug-likeness (QED) is 0.293. The predicted molar refractivity (Wildman–Crippen MR) is 134 cm³/mol. The lowest BCUT2D eigenvalue weighted by molar-refractivity contribution is -0.357. The molecule has 0 spiro atoms. The molecule has 6 rings (SSSR count). The van der Waals surface area contributed by atoms with Crippen molar-refractivity contribution in [3.05, 3.63) is 88.5 Å². The Kier molecular flexibility index (Phi) is 5.22. The number of nitrogens with one attached hydrogen (secondary N) is 1. The molecular weight excluding hydrogens is 424 g/mol. The van der Waals surface area contributed by atoms with Gasteiger partial charge in [0.1, 0.15) is 5.52 Å². The standard InChI is InChI=1S/C27H24N6O/c34-27-23-24-26(31-22-14-8-7-13-21(22)30-24)33(29-17-20-11-5-2-6-12-20)25(23)28-18-32(27)16-15-19-9-3-1-4-10-19/h2,5-9,11-14,17-18H,1,3-4,10,15-16H2/p+1/b29-17+. The van der Waals surface area contributed by atoms with E-state index < -0.39 is 0 Å². The van der Waals surface area contributed by atoms with Gasteiger partial charge in [-0.25, -0.2) is 24.3 Å². The Morgan fingerprint density at radius 2 is 1.79 bits per heavy atom. The van der Waals surface area contributed by atoms with Gasteiger partial charge >= 0.3 is 5.56 Å². The van der Waals surface area contributed by atoms with Gasteiger partial charge in [-0.15, -0.1) is 9.78 Å². The highest BCUT2D eigenvalue weighted by Crippen LogP contribution is 2.24. The molecule has 0 atom stereocenters. The number of aromatic nitrogens is 5. The van der Waals surface area contributed by atoms with E-state index in [2.05, 4.69) is 11.1 Å². The van der Waals surface area contributed by atoms with Crippen LogP contribution in [0.15, 0.2) is 82.5 Å². The number of allylic oxidation sites excluding steroid dienone is 2. The first kappa shape index (κ1) is 20.5. The van der Waals surface area contributed by atoms with Crippen LogP contribution in [0.1, 0.15) is 37.7 Å². The minimum Gasteiger partial charge on any atom is -0.250 e. The topological polar surface area (TPSA) is 79.2 Å². The third-order valence-corrected chi connectivity index (χ3v) is 6.45. The van der Waals surface area contributed by atoms with Crippen molar-refractivity contribution in [1.29, 1.82) is 0 Å². The van der Waals surface area contributed by atoms with Crippen molar-refractivity contribution in [2.24, 2.45) is 5.10 Å². The highest BCUT2D eigenvalue weighted by Gasteiger charge is 2.24. The molecule has 0 unspecified atom stereocenters. The highest BCUT2D eigenvalue weighted by molar-refractivity contribution is 6.03. The molecule has 0 radical (unpaired) electrons. The first-order chi connectivity index (χ1) is 16.8.